The molecule has 1 aromatic carbocycles. The van der Waals surface area contributed by atoms with Crippen molar-refractivity contribution >= 4 is 35.0 Å². The van der Waals surface area contributed by atoms with Gasteiger partial charge in [0.15, 0.2) is 5.11 Å². The molecule has 0 bridgehead atoms. The highest BCUT2D eigenvalue weighted by Gasteiger charge is 2.21. The largest absolute Gasteiger partial charge is 0.378 e. The molecule has 0 radical (unpaired) electrons. The van der Waals surface area contributed by atoms with Gasteiger partial charge in [-0.25, -0.2) is 0 Å². The molecule has 6 heteroatoms. The highest BCUT2D eigenvalue weighted by atomic mass is 32.1. The SMILES string of the molecule is Cc1cc(C=C2NC(=S)NC2=O)c(C)n1-c1ccc(N(C)C)cc1. The summed E-state index contributed by atoms with van der Waals surface area (Å²) in [6.45, 7) is 4.10. The molecule has 124 valence electrons. The van der Waals surface area contributed by atoms with Crippen molar-refractivity contribution in [1.29, 1.82) is 0 Å². The van der Waals surface area contributed by atoms with E-state index in [9.17, 15) is 4.79 Å². The molecule has 1 aliphatic rings. The Labute approximate surface area is 147 Å². The lowest BCUT2D eigenvalue weighted by atomic mass is 10.2. The molecule has 1 aromatic heterocycles. The first-order valence-corrected chi connectivity index (χ1v) is 8.08. The van der Waals surface area contributed by atoms with E-state index in [2.05, 4.69) is 57.4 Å². The topological polar surface area (TPSA) is 49.3 Å². The van der Waals surface area contributed by atoms with Gasteiger partial charge in [-0.2, -0.15) is 0 Å². The maximum absolute atomic E-state index is 11.8. The quantitative estimate of drug-likeness (QED) is 0.666. The van der Waals surface area contributed by atoms with E-state index in [-0.39, 0.29) is 5.91 Å². The zero-order valence-electron chi connectivity index (χ0n) is 14.2. The van der Waals surface area contributed by atoms with Crippen molar-refractivity contribution in [1.82, 2.24) is 15.2 Å². The smallest absolute Gasteiger partial charge is 0.273 e. The second-order valence-electron chi connectivity index (χ2n) is 6.04. The number of benzene rings is 1. The van der Waals surface area contributed by atoms with E-state index in [0.717, 1.165) is 28.3 Å². The van der Waals surface area contributed by atoms with Gasteiger partial charge in [0.2, 0.25) is 0 Å². The van der Waals surface area contributed by atoms with Crippen LogP contribution in [-0.2, 0) is 4.79 Å². The molecule has 2 aromatic rings. The highest BCUT2D eigenvalue weighted by molar-refractivity contribution is 7.80. The summed E-state index contributed by atoms with van der Waals surface area (Å²) in [5.41, 5.74) is 5.90. The van der Waals surface area contributed by atoms with Crippen molar-refractivity contribution in [3.8, 4) is 5.69 Å². The van der Waals surface area contributed by atoms with E-state index in [0.29, 0.717) is 10.8 Å². The van der Waals surface area contributed by atoms with Crippen LogP contribution in [0.25, 0.3) is 11.8 Å². The van der Waals surface area contributed by atoms with E-state index in [1.54, 1.807) is 0 Å². The van der Waals surface area contributed by atoms with Crippen molar-refractivity contribution in [3.05, 3.63) is 53.0 Å². The third kappa shape index (κ3) is 2.92. The van der Waals surface area contributed by atoms with Gasteiger partial charge in [-0.15, -0.1) is 0 Å². The molecule has 1 fully saturated rings. The minimum atomic E-state index is -0.194. The number of anilines is 1. The summed E-state index contributed by atoms with van der Waals surface area (Å²) in [5, 5.41) is 5.81. The lowest BCUT2D eigenvalue weighted by molar-refractivity contribution is -0.115. The standard InChI is InChI=1S/C18H20N4OS/c1-11-9-13(10-16-17(23)20-18(24)19-16)12(2)22(11)15-7-5-14(6-8-15)21(3)4/h5-10H,1-4H3,(H2,19,20,23,24). The zero-order chi connectivity index (χ0) is 17.4. The molecule has 0 atom stereocenters. The molecule has 1 amide bonds. The van der Waals surface area contributed by atoms with E-state index in [1.165, 1.54) is 0 Å². The van der Waals surface area contributed by atoms with Crippen LogP contribution in [0, 0.1) is 13.8 Å². The summed E-state index contributed by atoms with van der Waals surface area (Å²) in [4.78, 5) is 13.9. The summed E-state index contributed by atoms with van der Waals surface area (Å²) in [7, 11) is 4.05. The number of hydrogen-bond acceptors (Lipinski definition) is 3. The van der Waals surface area contributed by atoms with Crippen LogP contribution >= 0.6 is 12.2 Å². The van der Waals surface area contributed by atoms with Gasteiger partial charge in [0.1, 0.15) is 5.70 Å². The predicted octanol–water partition coefficient (Wildman–Crippen LogP) is 2.51. The monoisotopic (exact) mass is 340 g/mol. The van der Waals surface area contributed by atoms with Gasteiger partial charge >= 0.3 is 0 Å². The van der Waals surface area contributed by atoms with Crippen LogP contribution in [-0.4, -0.2) is 29.7 Å². The fraction of sp³-hybridized carbons (Fsp3) is 0.222. The summed E-state index contributed by atoms with van der Waals surface area (Å²) < 4.78 is 2.18. The lowest BCUT2D eigenvalue weighted by Gasteiger charge is -2.14. The fourth-order valence-electron chi connectivity index (χ4n) is 2.87. The minimum Gasteiger partial charge on any atom is -0.378 e. The first kappa shape index (κ1) is 16.3. The van der Waals surface area contributed by atoms with Gasteiger partial charge < -0.3 is 14.8 Å². The number of rotatable bonds is 3. The molecular weight excluding hydrogens is 320 g/mol. The Balaban J connectivity index is 1.99. The van der Waals surface area contributed by atoms with Crippen LogP contribution in [0.4, 0.5) is 5.69 Å². The average molecular weight is 340 g/mol. The number of nitrogens with one attached hydrogen (secondary N) is 2. The Morgan fingerprint density at radius 1 is 1.12 bits per heavy atom. The van der Waals surface area contributed by atoms with Gasteiger partial charge in [0.25, 0.3) is 5.91 Å². The third-order valence-corrected chi connectivity index (χ3v) is 4.32. The molecule has 1 saturated heterocycles. The zero-order valence-corrected chi connectivity index (χ0v) is 15.0. The first-order valence-electron chi connectivity index (χ1n) is 7.67. The second kappa shape index (κ2) is 6.13. The summed E-state index contributed by atoms with van der Waals surface area (Å²) in [6.07, 6.45) is 1.83. The number of carbonyl (C=O) groups excluding carboxylic acids is 1. The van der Waals surface area contributed by atoms with E-state index >= 15 is 0 Å². The number of hydrogen-bond donors (Lipinski definition) is 2. The van der Waals surface area contributed by atoms with Gasteiger partial charge in [0.05, 0.1) is 0 Å². The van der Waals surface area contributed by atoms with Crippen molar-refractivity contribution in [2.45, 2.75) is 13.8 Å². The summed E-state index contributed by atoms with van der Waals surface area (Å²) in [6, 6.07) is 10.5. The van der Waals surface area contributed by atoms with Crippen molar-refractivity contribution in [3.63, 3.8) is 0 Å². The van der Waals surface area contributed by atoms with Crippen molar-refractivity contribution < 1.29 is 4.79 Å². The van der Waals surface area contributed by atoms with Crippen molar-refractivity contribution in [2.75, 3.05) is 19.0 Å². The van der Waals surface area contributed by atoms with Crippen LogP contribution < -0.4 is 15.5 Å². The van der Waals surface area contributed by atoms with Crippen molar-refractivity contribution in [2.24, 2.45) is 0 Å². The van der Waals surface area contributed by atoms with Crippen LogP contribution in [0.3, 0.4) is 0 Å². The third-order valence-electron chi connectivity index (χ3n) is 4.11. The van der Waals surface area contributed by atoms with Crippen LogP contribution in [0.2, 0.25) is 0 Å². The number of amides is 1. The number of thiocarbonyl (C=S) groups is 1. The Hall–Kier alpha value is -2.60. The Kier molecular flexibility index (Phi) is 4.15. The molecule has 0 saturated carbocycles. The highest BCUT2D eigenvalue weighted by Crippen LogP contribution is 2.24. The van der Waals surface area contributed by atoms with E-state index < -0.39 is 0 Å². The maximum atomic E-state index is 11.8. The van der Waals surface area contributed by atoms with Gasteiger partial charge in [-0.1, -0.05) is 0 Å². The first-order chi connectivity index (χ1) is 11.4. The van der Waals surface area contributed by atoms with Crippen LogP contribution in [0.15, 0.2) is 36.0 Å². The Morgan fingerprint density at radius 3 is 2.33 bits per heavy atom. The van der Waals surface area contributed by atoms with E-state index in [1.807, 2.05) is 27.1 Å². The summed E-state index contributed by atoms with van der Waals surface area (Å²) >= 11 is 4.97. The number of nitrogens with zero attached hydrogens (tertiary/aromatic N) is 2. The van der Waals surface area contributed by atoms with Crippen LogP contribution in [0.5, 0.6) is 0 Å². The van der Waals surface area contributed by atoms with Gasteiger partial charge in [0, 0.05) is 36.9 Å². The van der Waals surface area contributed by atoms with Crippen LogP contribution in [0.1, 0.15) is 17.0 Å². The fourth-order valence-corrected chi connectivity index (χ4v) is 3.07. The number of aryl methyl sites for hydroxylation is 1. The molecule has 1 aliphatic heterocycles. The Bertz CT molecular complexity index is 847. The molecule has 0 spiro atoms. The molecule has 2 heterocycles. The summed E-state index contributed by atoms with van der Waals surface area (Å²) in [5.74, 6) is -0.194. The second-order valence-corrected chi connectivity index (χ2v) is 6.45. The normalized spacial score (nSPS) is 15.6. The maximum Gasteiger partial charge on any atom is 0.273 e. The molecule has 2 N–H and O–H groups in total. The molecule has 5 nitrogen and oxygen atoms in total. The van der Waals surface area contributed by atoms with E-state index in [4.69, 9.17) is 12.2 Å². The average Bonchev–Trinajstić information content (AvgIpc) is 2.98. The van der Waals surface area contributed by atoms with Gasteiger partial charge in [-0.3, -0.25) is 10.1 Å². The number of aromatic nitrogens is 1. The molecule has 0 unspecified atom stereocenters. The molecule has 24 heavy (non-hydrogen) atoms. The molecule has 3 rings (SSSR count). The number of carbonyl (C=O) groups is 1. The molecule has 0 aliphatic carbocycles. The van der Waals surface area contributed by atoms with Gasteiger partial charge in [-0.05, 0) is 68.0 Å². The minimum absolute atomic E-state index is 0.194. The predicted molar refractivity (Wildman–Crippen MR) is 101 cm³/mol. The Morgan fingerprint density at radius 2 is 1.79 bits per heavy atom. The molecular formula is C18H20N4OS. The lowest BCUT2D eigenvalue weighted by Crippen LogP contribution is -2.21.